The molecule has 2 fully saturated rings. The molecule has 4 rings (SSSR count). The largest absolute Gasteiger partial charge is 0.393 e. The van der Waals surface area contributed by atoms with Crippen LogP contribution in [0.1, 0.15) is 31.2 Å². The van der Waals surface area contributed by atoms with E-state index in [4.69, 9.17) is 10.7 Å². The number of piperidine rings is 1. The predicted molar refractivity (Wildman–Crippen MR) is 84.2 cm³/mol. The van der Waals surface area contributed by atoms with E-state index in [9.17, 15) is 5.11 Å². The second-order valence-corrected chi connectivity index (χ2v) is 6.28. The van der Waals surface area contributed by atoms with Crippen LogP contribution >= 0.6 is 0 Å². The Kier molecular flexibility index (Phi) is 3.08. The molecule has 2 aliphatic rings. The maximum Gasteiger partial charge on any atom is 0.130 e. The molecule has 2 aromatic rings. The summed E-state index contributed by atoms with van der Waals surface area (Å²) >= 11 is 0. The number of nitrogens with zero attached hydrogens (tertiary/aromatic N) is 2. The first-order valence-corrected chi connectivity index (χ1v) is 7.81. The van der Waals surface area contributed by atoms with Gasteiger partial charge in [0.15, 0.2) is 0 Å². The van der Waals surface area contributed by atoms with Gasteiger partial charge < -0.3 is 15.7 Å². The monoisotopic (exact) mass is 283 g/mol. The maximum atomic E-state index is 9.96. The van der Waals surface area contributed by atoms with Crippen molar-refractivity contribution in [2.45, 2.75) is 50.4 Å². The quantitative estimate of drug-likeness (QED) is 0.887. The minimum Gasteiger partial charge on any atom is -0.393 e. The molecule has 3 heterocycles. The maximum absolute atomic E-state index is 9.96. The standard InChI is InChI=1S/C17H21N3O/c18-10-11-7-17(19-16-4-2-1-3-15(11)16)20-12-5-6-13(20)9-14(21)8-12/h1-4,7,12-14,21H,5-6,8-10,18H2. The summed E-state index contributed by atoms with van der Waals surface area (Å²) in [5.74, 6) is 1.04. The number of aromatic nitrogens is 1. The number of benzene rings is 1. The third-order valence-electron chi connectivity index (χ3n) is 4.98. The summed E-state index contributed by atoms with van der Waals surface area (Å²) in [5, 5.41) is 11.1. The molecule has 3 N–H and O–H groups in total. The summed E-state index contributed by atoms with van der Waals surface area (Å²) in [6.45, 7) is 0.530. The van der Waals surface area contributed by atoms with Gasteiger partial charge in [0.2, 0.25) is 0 Å². The summed E-state index contributed by atoms with van der Waals surface area (Å²) in [5.41, 5.74) is 8.10. The lowest BCUT2D eigenvalue weighted by molar-refractivity contribution is 0.126. The molecule has 21 heavy (non-hydrogen) atoms. The Labute approximate surface area is 124 Å². The number of aliphatic hydroxyl groups excluding tert-OH is 1. The number of fused-ring (bicyclic) bond motifs is 3. The molecule has 4 heteroatoms. The van der Waals surface area contributed by atoms with E-state index < -0.39 is 0 Å². The summed E-state index contributed by atoms with van der Waals surface area (Å²) in [4.78, 5) is 7.29. The predicted octanol–water partition coefficient (Wildman–Crippen LogP) is 2.19. The molecule has 2 bridgehead atoms. The summed E-state index contributed by atoms with van der Waals surface area (Å²) in [6.07, 6.45) is 3.90. The molecular formula is C17H21N3O. The molecule has 2 saturated heterocycles. The number of pyridine rings is 1. The van der Waals surface area contributed by atoms with E-state index in [1.165, 1.54) is 0 Å². The van der Waals surface area contributed by atoms with Gasteiger partial charge in [0.05, 0.1) is 11.6 Å². The third-order valence-corrected chi connectivity index (χ3v) is 4.98. The fourth-order valence-corrected chi connectivity index (χ4v) is 4.06. The lowest BCUT2D eigenvalue weighted by atomic mass is 9.99. The van der Waals surface area contributed by atoms with Crippen LogP contribution in [0.3, 0.4) is 0 Å². The van der Waals surface area contributed by atoms with Gasteiger partial charge in [0.25, 0.3) is 0 Å². The van der Waals surface area contributed by atoms with Gasteiger partial charge in [-0.25, -0.2) is 4.98 Å². The Morgan fingerprint density at radius 1 is 1.19 bits per heavy atom. The van der Waals surface area contributed by atoms with E-state index in [0.717, 1.165) is 48.0 Å². The van der Waals surface area contributed by atoms with E-state index in [2.05, 4.69) is 23.1 Å². The summed E-state index contributed by atoms with van der Waals surface area (Å²) in [6, 6.07) is 11.2. The average Bonchev–Trinajstić information content (AvgIpc) is 2.78. The van der Waals surface area contributed by atoms with Crippen LogP contribution < -0.4 is 10.6 Å². The normalized spacial score (nSPS) is 28.3. The number of para-hydroxylation sites is 1. The van der Waals surface area contributed by atoms with E-state index in [-0.39, 0.29) is 6.10 Å². The zero-order chi connectivity index (χ0) is 14.4. The topological polar surface area (TPSA) is 62.4 Å². The van der Waals surface area contributed by atoms with Crippen molar-refractivity contribution in [3.8, 4) is 0 Å². The summed E-state index contributed by atoms with van der Waals surface area (Å²) in [7, 11) is 0. The van der Waals surface area contributed by atoms with Gasteiger partial charge in [-0.2, -0.15) is 0 Å². The van der Waals surface area contributed by atoms with Crippen molar-refractivity contribution < 1.29 is 5.11 Å². The second-order valence-electron chi connectivity index (χ2n) is 6.28. The zero-order valence-corrected chi connectivity index (χ0v) is 12.1. The van der Waals surface area contributed by atoms with Crippen LogP contribution in [-0.4, -0.2) is 28.3 Å². The van der Waals surface area contributed by atoms with Crippen molar-refractivity contribution in [1.82, 2.24) is 4.98 Å². The molecule has 0 aliphatic carbocycles. The number of anilines is 1. The molecule has 4 nitrogen and oxygen atoms in total. The molecule has 1 aromatic heterocycles. The van der Waals surface area contributed by atoms with Gasteiger partial charge in [-0.05, 0) is 43.4 Å². The molecule has 0 spiro atoms. The molecule has 2 aliphatic heterocycles. The Bertz CT molecular complexity index is 658. The SMILES string of the molecule is NCc1cc(N2C3CCC2CC(O)C3)nc2ccccc12. The molecule has 110 valence electrons. The number of aliphatic hydroxyl groups is 1. The van der Waals surface area contributed by atoms with Gasteiger partial charge in [-0.1, -0.05) is 18.2 Å². The average molecular weight is 283 g/mol. The van der Waals surface area contributed by atoms with E-state index >= 15 is 0 Å². The Hall–Kier alpha value is -1.65. The second kappa shape index (κ2) is 4.97. The van der Waals surface area contributed by atoms with Gasteiger partial charge >= 0.3 is 0 Å². The first-order chi connectivity index (χ1) is 10.3. The van der Waals surface area contributed by atoms with Crippen LogP contribution in [0.15, 0.2) is 30.3 Å². The zero-order valence-electron chi connectivity index (χ0n) is 12.1. The van der Waals surface area contributed by atoms with Crippen LogP contribution in [0.5, 0.6) is 0 Å². The number of hydrogen-bond acceptors (Lipinski definition) is 4. The molecule has 0 radical (unpaired) electrons. The highest BCUT2D eigenvalue weighted by atomic mass is 16.3. The van der Waals surface area contributed by atoms with Crippen LogP contribution in [0.25, 0.3) is 10.9 Å². The first kappa shape index (κ1) is 13.0. The minimum atomic E-state index is -0.145. The number of hydrogen-bond donors (Lipinski definition) is 2. The van der Waals surface area contributed by atoms with E-state index in [1.54, 1.807) is 0 Å². The molecule has 1 aromatic carbocycles. The Balaban J connectivity index is 1.80. The van der Waals surface area contributed by atoms with Crippen molar-refractivity contribution in [2.24, 2.45) is 5.73 Å². The molecule has 2 atom stereocenters. The van der Waals surface area contributed by atoms with Crippen molar-refractivity contribution in [1.29, 1.82) is 0 Å². The smallest absolute Gasteiger partial charge is 0.130 e. The van der Waals surface area contributed by atoms with Gasteiger partial charge in [-0.3, -0.25) is 0 Å². The Morgan fingerprint density at radius 2 is 1.90 bits per heavy atom. The van der Waals surface area contributed by atoms with Crippen LogP contribution in [0, 0.1) is 0 Å². The number of rotatable bonds is 2. The highest BCUT2D eigenvalue weighted by Crippen LogP contribution is 2.39. The van der Waals surface area contributed by atoms with Gasteiger partial charge in [0.1, 0.15) is 5.82 Å². The minimum absolute atomic E-state index is 0.145. The lowest BCUT2D eigenvalue weighted by Gasteiger charge is -2.38. The highest BCUT2D eigenvalue weighted by molar-refractivity contribution is 5.84. The van der Waals surface area contributed by atoms with Crippen molar-refractivity contribution in [2.75, 3.05) is 4.90 Å². The summed E-state index contributed by atoms with van der Waals surface area (Å²) < 4.78 is 0. The van der Waals surface area contributed by atoms with Crippen molar-refractivity contribution in [3.05, 3.63) is 35.9 Å². The molecule has 0 amide bonds. The molecule has 0 saturated carbocycles. The third kappa shape index (κ3) is 2.10. The van der Waals surface area contributed by atoms with Crippen LogP contribution in [0.4, 0.5) is 5.82 Å². The van der Waals surface area contributed by atoms with E-state index in [1.807, 2.05) is 12.1 Å². The van der Waals surface area contributed by atoms with Gasteiger partial charge in [-0.15, -0.1) is 0 Å². The van der Waals surface area contributed by atoms with Crippen LogP contribution in [-0.2, 0) is 6.54 Å². The Morgan fingerprint density at radius 3 is 2.62 bits per heavy atom. The van der Waals surface area contributed by atoms with Gasteiger partial charge in [0, 0.05) is 24.0 Å². The molecule has 2 unspecified atom stereocenters. The van der Waals surface area contributed by atoms with Crippen molar-refractivity contribution >= 4 is 16.7 Å². The fourth-order valence-electron chi connectivity index (χ4n) is 4.06. The van der Waals surface area contributed by atoms with Crippen molar-refractivity contribution in [3.63, 3.8) is 0 Å². The van der Waals surface area contributed by atoms with Crippen LogP contribution in [0.2, 0.25) is 0 Å². The first-order valence-electron chi connectivity index (χ1n) is 7.81. The fraction of sp³-hybridized carbons (Fsp3) is 0.471. The lowest BCUT2D eigenvalue weighted by Crippen LogP contribution is -2.45. The molecular weight excluding hydrogens is 262 g/mol. The number of nitrogens with two attached hydrogens (primary N) is 1. The van der Waals surface area contributed by atoms with E-state index in [0.29, 0.717) is 18.6 Å². The highest BCUT2D eigenvalue weighted by Gasteiger charge is 2.40.